The lowest BCUT2D eigenvalue weighted by Gasteiger charge is -2.14. The van der Waals surface area contributed by atoms with Gasteiger partial charge >= 0.3 is 0 Å². The van der Waals surface area contributed by atoms with E-state index >= 15 is 0 Å². The molecule has 3 aromatic rings. The highest BCUT2D eigenvalue weighted by Crippen LogP contribution is 2.35. The molecular formula is C18H16ClIN4O2S. The lowest BCUT2D eigenvalue weighted by atomic mass is 10.0. The van der Waals surface area contributed by atoms with E-state index in [4.69, 9.17) is 16.3 Å². The second kappa shape index (κ2) is 7.84. The van der Waals surface area contributed by atoms with E-state index in [0.29, 0.717) is 35.7 Å². The van der Waals surface area contributed by atoms with E-state index in [1.807, 2.05) is 12.1 Å². The van der Waals surface area contributed by atoms with Gasteiger partial charge in [0.15, 0.2) is 5.75 Å². The molecule has 1 unspecified atom stereocenters. The molecule has 1 aliphatic rings. The summed E-state index contributed by atoms with van der Waals surface area (Å²) in [6.45, 7) is 0.441. The summed E-state index contributed by atoms with van der Waals surface area (Å²) >= 11 is 12.9. The summed E-state index contributed by atoms with van der Waals surface area (Å²) in [6.07, 6.45) is 4.22. The average molecular weight is 515 g/mol. The van der Waals surface area contributed by atoms with Crippen LogP contribution in [0.1, 0.15) is 11.4 Å². The minimum absolute atomic E-state index is 0.0673. The Morgan fingerprint density at radius 3 is 2.93 bits per heavy atom. The number of pyridine rings is 1. The fourth-order valence-electron chi connectivity index (χ4n) is 3.02. The monoisotopic (exact) mass is 514 g/mol. The predicted octanol–water partition coefficient (Wildman–Crippen LogP) is 3.81. The number of aromatic nitrogens is 4. The zero-order valence-corrected chi connectivity index (χ0v) is 17.9. The van der Waals surface area contributed by atoms with Gasteiger partial charge in [-0.25, -0.2) is 4.98 Å². The zero-order valence-electron chi connectivity index (χ0n) is 14.1. The van der Waals surface area contributed by atoms with Crippen molar-refractivity contribution in [2.45, 2.75) is 11.8 Å². The first-order valence-corrected chi connectivity index (χ1v) is 10.9. The molecule has 4 rings (SSSR count). The number of ether oxygens (including phenoxy) is 1. The van der Waals surface area contributed by atoms with E-state index in [1.54, 1.807) is 18.3 Å². The third-order valence-electron chi connectivity index (χ3n) is 4.37. The Hall–Kier alpha value is -1.52. The van der Waals surface area contributed by atoms with Crippen molar-refractivity contribution >= 4 is 63.7 Å². The molecule has 0 spiro atoms. The molecule has 1 aliphatic carbocycles. The van der Waals surface area contributed by atoms with Crippen LogP contribution in [0.2, 0.25) is 0 Å². The predicted molar refractivity (Wildman–Crippen MR) is 118 cm³/mol. The van der Waals surface area contributed by atoms with Crippen molar-refractivity contribution in [1.29, 1.82) is 0 Å². The maximum absolute atomic E-state index is 10.8. The molecule has 0 aliphatic heterocycles. The number of phenols is 1. The highest BCUT2D eigenvalue weighted by molar-refractivity contribution is 14.1. The van der Waals surface area contributed by atoms with Gasteiger partial charge in [-0.05, 0) is 29.8 Å². The van der Waals surface area contributed by atoms with Crippen LogP contribution >= 0.6 is 46.8 Å². The first kappa shape index (κ1) is 18.8. The number of hydrogen-bond acceptors (Lipinski definition) is 6. The maximum atomic E-state index is 10.8. The molecule has 0 bridgehead atoms. The number of phenolic OH excluding ortho intramolecular Hbond substituents is 1. The van der Waals surface area contributed by atoms with E-state index in [0.717, 1.165) is 26.8 Å². The molecule has 2 aromatic heterocycles. The van der Waals surface area contributed by atoms with E-state index < -0.39 is 0 Å². The molecule has 27 heavy (non-hydrogen) atoms. The van der Waals surface area contributed by atoms with Gasteiger partial charge in [0.05, 0.1) is 17.7 Å². The van der Waals surface area contributed by atoms with E-state index in [-0.39, 0.29) is 11.1 Å². The van der Waals surface area contributed by atoms with Crippen molar-refractivity contribution in [3.63, 3.8) is 0 Å². The van der Waals surface area contributed by atoms with Crippen LogP contribution in [0.4, 0.5) is 0 Å². The first-order chi connectivity index (χ1) is 13.1. The number of alkyl halides is 2. The van der Waals surface area contributed by atoms with E-state index in [2.05, 4.69) is 50.4 Å². The van der Waals surface area contributed by atoms with Gasteiger partial charge in [0.1, 0.15) is 11.4 Å². The van der Waals surface area contributed by atoms with Crippen LogP contribution < -0.4 is 4.74 Å². The van der Waals surface area contributed by atoms with Crippen LogP contribution in [-0.4, -0.2) is 47.2 Å². The number of aromatic hydroxyl groups is 1. The molecule has 1 atom stereocenters. The van der Waals surface area contributed by atoms with Crippen molar-refractivity contribution in [2.24, 2.45) is 0 Å². The van der Waals surface area contributed by atoms with Crippen LogP contribution in [0.15, 0.2) is 30.0 Å². The van der Waals surface area contributed by atoms with Gasteiger partial charge in [-0.1, -0.05) is 22.6 Å². The van der Waals surface area contributed by atoms with Crippen LogP contribution in [0.3, 0.4) is 0 Å². The lowest BCUT2D eigenvalue weighted by Crippen LogP contribution is -2.13. The lowest BCUT2D eigenvalue weighted by molar-refractivity contribution is 0.335. The van der Waals surface area contributed by atoms with Crippen LogP contribution in [-0.2, 0) is 6.42 Å². The fourth-order valence-corrected chi connectivity index (χ4v) is 4.41. The largest absolute Gasteiger partial charge is 0.505 e. The van der Waals surface area contributed by atoms with Crippen molar-refractivity contribution in [3.8, 4) is 17.3 Å². The summed E-state index contributed by atoms with van der Waals surface area (Å²) in [5.74, 6) is 1.13. The van der Waals surface area contributed by atoms with Gasteiger partial charge in [0.25, 0.3) is 0 Å². The van der Waals surface area contributed by atoms with E-state index in [9.17, 15) is 5.11 Å². The van der Waals surface area contributed by atoms with Gasteiger partial charge in [-0.15, -0.1) is 21.5 Å². The quantitative estimate of drug-likeness (QED) is 0.308. The summed E-state index contributed by atoms with van der Waals surface area (Å²) in [5, 5.41) is 21.2. The van der Waals surface area contributed by atoms with Crippen molar-refractivity contribution in [3.05, 3.63) is 41.4 Å². The Labute approximate surface area is 180 Å². The van der Waals surface area contributed by atoms with Crippen molar-refractivity contribution < 1.29 is 9.84 Å². The normalized spacial score (nSPS) is 16.3. The van der Waals surface area contributed by atoms with Crippen LogP contribution in [0.5, 0.6) is 11.6 Å². The van der Waals surface area contributed by atoms with Crippen LogP contribution in [0, 0.1) is 0 Å². The highest BCUT2D eigenvalue weighted by atomic mass is 127. The van der Waals surface area contributed by atoms with Gasteiger partial charge in [0, 0.05) is 33.6 Å². The molecule has 2 heterocycles. The second-order valence-corrected chi connectivity index (χ2v) is 7.80. The minimum Gasteiger partial charge on any atom is -0.505 e. The molecule has 1 aromatic carbocycles. The van der Waals surface area contributed by atoms with Crippen molar-refractivity contribution in [1.82, 2.24) is 20.0 Å². The Morgan fingerprint density at radius 1 is 1.30 bits per heavy atom. The Morgan fingerprint density at radius 2 is 2.15 bits per heavy atom. The summed E-state index contributed by atoms with van der Waals surface area (Å²) < 4.78 is 6.46. The van der Waals surface area contributed by atoms with Gasteiger partial charge in [-0.2, -0.15) is 17.7 Å². The molecule has 0 amide bonds. The number of rotatable bonds is 5. The molecule has 140 valence electrons. The number of hydrogen-bond donors (Lipinski definition) is 2. The Bertz CT molecular complexity index is 1040. The fraction of sp³-hybridized carbons (Fsp3) is 0.278. The molecular weight excluding hydrogens is 499 g/mol. The summed E-state index contributed by atoms with van der Waals surface area (Å²) in [5.41, 5.74) is 3.26. The number of nitrogens with zero attached hydrogens (tertiary/aromatic N) is 4. The molecule has 6 nitrogen and oxygen atoms in total. The summed E-state index contributed by atoms with van der Waals surface area (Å²) in [6, 6.07) is 5.36. The SMILES string of the molecule is Oc1c(-n2nc3c(n2)CC(Cl)C(CI)=C3)ccc2c(OCCS)nccc12. The molecule has 9 heteroatoms. The second-order valence-electron chi connectivity index (χ2n) is 6.06. The number of thiol groups is 1. The number of allylic oxidation sites excluding steroid dienone is 1. The maximum Gasteiger partial charge on any atom is 0.221 e. The molecule has 0 saturated heterocycles. The van der Waals surface area contributed by atoms with Gasteiger partial charge in [0.2, 0.25) is 5.88 Å². The van der Waals surface area contributed by atoms with Gasteiger partial charge in [-0.3, -0.25) is 0 Å². The van der Waals surface area contributed by atoms with Crippen molar-refractivity contribution in [2.75, 3.05) is 16.8 Å². The minimum atomic E-state index is -0.0673. The number of fused-ring (bicyclic) bond motifs is 2. The highest BCUT2D eigenvalue weighted by Gasteiger charge is 2.24. The average Bonchev–Trinajstić information content (AvgIpc) is 3.08. The van der Waals surface area contributed by atoms with E-state index in [1.165, 1.54) is 4.80 Å². The summed E-state index contributed by atoms with van der Waals surface area (Å²) in [7, 11) is 0. The first-order valence-electron chi connectivity index (χ1n) is 8.33. The number of halogens is 2. The smallest absolute Gasteiger partial charge is 0.221 e. The Balaban J connectivity index is 1.78. The molecule has 0 fully saturated rings. The number of benzene rings is 1. The zero-order chi connectivity index (χ0) is 19.0. The third kappa shape index (κ3) is 3.50. The molecule has 0 saturated carbocycles. The van der Waals surface area contributed by atoms with Gasteiger partial charge < -0.3 is 9.84 Å². The Kier molecular flexibility index (Phi) is 5.47. The summed E-state index contributed by atoms with van der Waals surface area (Å²) in [4.78, 5) is 5.70. The molecule has 0 radical (unpaired) electrons. The molecule has 1 N–H and O–H groups in total. The van der Waals surface area contributed by atoms with Crippen LogP contribution in [0.25, 0.3) is 22.5 Å². The topological polar surface area (TPSA) is 73.1 Å². The third-order valence-corrected chi connectivity index (χ3v) is 5.87. The standard InChI is InChI=1S/C18H16ClIN4O2S/c19-13-8-15-14(7-10(13)9-20)22-24(23-15)16-2-1-12-11(17(16)25)3-4-21-18(12)26-5-6-27/h1-4,7,13,25,27H,5-6,8-9H2.